The first-order chi connectivity index (χ1) is 9.78. The zero-order valence-electron chi connectivity index (χ0n) is 11.1. The monoisotopic (exact) mass is 310 g/mol. The van der Waals surface area contributed by atoms with Crippen molar-refractivity contribution in [3.63, 3.8) is 0 Å². The lowest BCUT2D eigenvalue weighted by Crippen LogP contribution is -1.97. The van der Waals surface area contributed by atoms with Gasteiger partial charge in [-0.3, -0.25) is 0 Å². The van der Waals surface area contributed by atoms with E-state index in [1.54, 1.807) is 18.4 Å². The van der Waals surface area contributed by atoms with Crippen LogP contribution in [0.25, 0.3) is 0 Å². The molecule has 0 N–H and O–H groups in total. The second-order valence-corrected chi connectivity index (χ2v) is 5.89. The van der Waals surface area contributed by atoms with E-state index in [1.165, 1.54) is 0 Å². The van der Waals surface area contributed by atoms with Crippen molar-refractivity contribution in [1.29, 1.82) is 0 Å². The predicted octanol–water partition coefficient (Wildman–Crippen LogP) is 4.25. The van der Waals surface area contributed by atoms with Crippen LogP contribution < -0.4 is 14.2 Å². The van der Waals surface area contributed by atoms with Crippen LogP contribution in [-0.4, -0.2) is 20.3 Å². The van der Waals surface area contributed by atoms with Crippen molar-refractivity contribution in [2.45, 2.75) is 11.8 Å². The average Bonchev–Trinajstić information content (AvgIpc) is 2.84. The summed E-state index contributed by atoms with van der Waals surface area (Å²) in [4.78, 5) is 1.05. The van der Waals surface area contributed by atoms with Crippen LogP contribution in [0.15, 0.2) is 29.6 Å². The maximum absolute atomic E-state index is 6.54. The molecule has 2 heterocycles. The Morgan fingerprint density at radius 1 is 1.20 bits per heavy atom. The number of fused-ring (bicyclic) bond motifs is 1. The molecule has 5 heteroatoms. The highest BCUT2D eigenvalue weighted by Crippen LogP contribution is 2.39. The second-order valence-electron chi connectivity index (χ2n) is 4.51. The highest BCUT2D eigenvalue weighted by Gasteiger charge is 2.17. The van der Waals surface area contributed by atoms with E-state index in [9.17, 15) is 0 Å². The topological polar surface area (TPSA) is 27.7 Å². The number of methoxy groups -OCH3 is 1. The number of rotatable bonds is 3. The molecule has 0 spiro atoms. The molecule has 2 aromatic rings. The number of benzene rings is 1. The van der Waals surface area contributed by atoms with Crippen LogP contribution in [0.1, 0.15) is 22.2 Å². The summed E-state index contributed by atoms with van der Waals surface area (Å²) in [5.74, 6) is 2.40. The molecule has 20 heavy (non-hydrogen) atoms. The average molecular weight is 311 g/mol. The Morgan fingerprint density at radius 2 is 2.00 bits per heavy atom. The number of thiophene rings is 1. The van der Waals surface area contributed by atoms with Crippen LogP contribution in [0, 0.1) is 0 Å². The summed E-state index contributed by atoms with van der Waals surface area (Å²) in [6, 6.07) is 7.84. The molecule has 1 unspecified atom stereocenters. The second kappa shape index (κ2) is 5.94. The van der Waals surface area contributed by atoms with Gasteiger partial charge in [-0.15, -0.1) is 22.9 Å². The van der Waals surface area contributed by atoms with Crippen molar-refractivity contribution in [3.8, 4) is 17.2 Å². The van der Waals surface area contributed by atoms with E-state index in [0.29, 0.717) is 13.2 Å². The van der Waals surface area contributed by atoms with Crippen molar-refractivity contribution >= 4 is 22.9 Å². The van der Waals surface area contributed by atoms with Gasteiger partial charge in [-0.25, -0.2) is 0 Å². The summed E-state index contributed by atoms with van der Waals surface area (Å²) in [7, 11) is 1.66. The lowest BCUT2D eigenvalue weighted by Gasteiger charge is -2.12. The van der Waals surface area contributed by atoms with E-state index in [1.807, 2.05) is 29.6 Å². The van der Waals surface area contributed by atoms with Crippen molar-refractivity contribution in [2.75, 3.05) is 20.3 Å². The Bertz CT molecular complexity index is 597. The number of alkyl halides is 1. The SMILES string of the molecule is COc1csc(C(Cl)c2ccc3c(c2)OCCCO3)c1. The molecule has 1 aromatic carbocycles. The zero-order chi connectivity index (χ0) is 13.9. The van der Waals surface area contributed by atoms with E-state index in [-0.39, 0.29) is 5.38 Å². The third kappa shape index (κ3) is 2.72. The van der Waals surface area contributed by atoms with Gasteiger partial charge in [0.25, 0.3) is 0 Å². The van der Waals surface area contributed by atoms with Gasteiger partial charge in [0.05, 0.1) is 25.7 Å². The molecule has 1 aromatic heterocycles. The van der Waals surface area contributed by atoms with Gasteiger partial charge in [0, 0.05) is 16.7 Å². The minimum atomic E-state index is -0.207. The molecule has 0 saturated carbocycles. The minimum Gasteiger partial charge on any atom is -0.496 e. The van der Waals surface area contributed by atoms with Gasteiger partial charge in [-0.05, 0) is 23.8 Å². The maximum Gasteiger partial charge on any atom is 0.161 e. The number of hydrogen-bond donors (Lipinski definition) is 0. The first-order valence-electron chi connectivity index (χ1n) is 6.44. The van der Waals surface area contributed by atoms with Crippen LogP contribution in [0.3, 0.4) is 0 Å². The van der Waals surface area contributed by atoms with Crippen molar-refractivity contribution in [2.24, 2.45) is 0 Å². The summed E-state index contributed by atoms with van der Waals surface area (Å²) in [5.41, 5.74) is 1.00. The molecule has 0 aliphatic carbocycles. The van der Waals surface area contributed by atoms with Gasteiger partial charge >= 0.3 is 0 Å². The van der Waals surface area contributed by atoms with Gasteiger partial charge in [-0.2, -0.15) is 0 Å². The highest BCUT2D eigenvalue weighted by molar-refractivity contribution is 7.10. The molecule has 106 valence electrons. The Morgan fingerprint density at radius 3 is 2.75 bits per heavy atom. The van der Waals surface area contributed by atoms with Gasteiger partial charge in [0.2, 0.25) is 0 Å². The molecule has 0 bridgehead atoms. The van der Waals surface area contributed by atoms with Crippen LogP contribution in [0.4, 0.5) is 0 Å². The van der Waals surface area contributed by atoms with Gasteiger partial charge in [0.1, 0.15) is 5.75 Å². The standard InChI is InChI=1S/C15H15ClO3S/c1-17-11-8-14(20-9-11)15(16)10-3-4-12-13(7-10)19-6-2-5-18-12/h3-4,7-9,15H,2,5-6H2,1H3. The van der Waals surface area contributed by atoms with Crippen molar-refractivity contribution in [1.82, 2.24) is 0 Å². The summed E-state index contributed by atoms with van der Waals surface area (Å²) < 4.78 is 16.5. The fourth-order valence-corrected chi connectivity index (χ4v) is 3.29. The Labute approximate surface area is 127 Å². The predicted molar refractivity (Wildman–Crippen MR) is 80.6 cm³/mol. The Hall–Kier alpha value is -1.39. The highest BCUT2D eigenvalue weighted by atomic mass is 35.5. The molecule has 1 atom stereocenters. The van der Waals surface area contributed by atoms with Crippen LogP contribution in [0.2, 0.25) is 0 Å². The largest absolute Gasteiger partial charge is 0.496 e. The first-order valence-corrected chi connectivity index (χ1v) is 7.75. The minimum absolute atomic E-state index is 0.207. The molecule has 1 aliphatic heterocycles. The smallest absolute Gasteiger partial charge is 0.161 e. The molecular weight excluding hydrogens is 296 g/mol. The Kier molecular flexibility index (Phi) is 4.03. The van der Waals surface area contributed by atoms with Crippen LogP contribution >= 0.6 is 22.9 Å². The normalized spacial score (nSPS) is 15.5. The van der Waals surface area contributed by atoms with E-state index in [0.717, 1.165) is 34.1 Å². The van der Waals surface area contributed by atoms with E-state index < -0.39 is 0 Å². The van der Waals surface area contributed by atoms with Crippen LogP contribution in [0.5, 0.6) is 17.2 Å². The fourth-order valence-electron chi connectivity index (χ4n) is 2.08. The third-order valence-corrected chi connectivity index (χ3v) is 4.74. The summed E-state index contributed by atoms with van der Waals surface area (Å²) >= 11 is 8.13. The molecule has 0 saturated heterocycles. The zero-order valence-corrected chi connectivity index (χ0v) is 12.7. The lowest BCUT2D eigenvalue weighted by molar-refractivity contribution is 0.297. The fraction of sp³-hybridized carbons (Fsp3) is 0.333. The summed E-state index contributed by atoms with van der Waals surface area (Å²) in [6.45, 7) is 1.37. The third-order valence-electron chi connectivity index (χ3n) is 3.15. The van der Waals surface area contributed by atoms with Crippen LogP contribution in [-0.2, 0) is 0 Å². The molecule has 0 fully saturated rings. The molecule has 3 nitrogen and oxygen atoms in total. The van der Waals surface area contributed by atoms with E-state index in [4.69, 9.17) is 25.8 Å². The number of ether oxygens (including phenoxy) is 3. The molecule has 3 rings (SSSR count). The molecule has 0 amide bonds. The molecule has 0 radical (unpaired) electrons. The number of halogens is 1. The maximum atomic E-state index is 6.54. The van der Waals surface area contributed by atoms with Gasteiger partial charge < -0.3 is 14.2 Å². The van der Waals surface area contributed by atoms with Gasteiger partial charge in [0.15, 0.2) is 11.5 Å². The molecule has 1 aliphatic rings. The summed E-state index contributed by atoms with van der Waals surface area (Å²) in [5, 5.41) is 1.74. The van der Waals surface area contributed by atoms with Gasteiger partial charge in [-0.1, -0.05) is 6.07 Å². The first kappa shape index (κ1) is 13.6. The molecular formula is C15H15ClO3S. The quantitative estimate of drug-likeness (QED) is 0.793. The summed E-state index contributed by atoms with van der Waals surface area (Å²) in [6.07, 6.45) is 0.899. The van der Waals surface area contributed by atoms with Crippen molar-refractivity contribution in [3.05, 3.63) is 40.1 Å². The number of hydrogen-bond acceptors (Lipinski definition) is 4. The Balaban J connectivity index is 1.87. The van der Waals surface area contributed by atoms with Crippen molar-refractivity contribution < 1.29 is 14.2 Å². The van der Waals surface area contributed by atoms with E-state index in [2.05, 4.69) is 0 Å². The van der Waals surface area contributed by atoms with E-state index >= 15 is 0 Å². The lowest BCUT2D eigenvalue weighted by atomic mass is 10.1.